The van der Waals surface area contributed by atoms with Crippen LogP contribution in [0.15, 0.2) is 109 Å². The van der Waals surface area contributed by atoms with Crippen molar-refractivity contribution in [3.05, 3.63) is 176 Å². The van der Waals surface area contributed by atoms with E-state index in [0.29, 0.717) is 69.6 Å². The zero-order valence-corrected chi connectivity index (χ0v) is 48.3. The first-order chi connectivity index (χ1) is 41.8. The van der Waals surface area contributed by atoms with Crippen LogP contribution in [0.3, 0.4) is 0 Å². The molecule has 8 aromatic rings. The summed E-state index contributed by atoms with van der Waals surface area (Å²) in [4.78, 5) is 75.5. The van der Waals surface area contributed by atoms with Gasteiger partial charge in [-0.25, -0.2) is 46.3 Å². The summed E-state index contributed by atoms with van der Waals surface area (Å²) in [5.74, 6) is -2.31. The van der Waals surface area contributed by atoms with Crippen molar-refractivity contribution in [2.24, 2.45) is 0 Å². The molecule has 4 amide bonds. The number of halogens is 6. The zero-order valence-electron chi connectivity index (χ0n) is 46.6. The van der Waals surface area contributed by atoms with Crippen molar-refractivity contribution >= 4 is 56.6 Å². The lowest BCUT2D eigenvalue weighted by Crippen LogP contribution is -2.38. The normalized spacial score (nSPS) is 20.4. The molecule has 0 spiro atoms. The molecule has 2 fully saturated rings. The van der Waals surface area contributed by atoms with Gasteiger partial charge in [0.05, 0.1) is 24.0 Å². The highest BCUT2D eigenvalue weighted by Crippen LogP contribution is 2.45. The van der Waals surface area contributed by atoms with E-state index in [1.807, 2.05) is 57.7 Å². The summed E-state index contributed by atoms with van der Waals surface area (Å²) < 4.78 is 91.1. The van der Waals surface area contributed by atoms with Crippen LogP contribution in [0.25, 0.3) is 22.3 Å². The molecule has 2 N–H and O–H groups in total. The Hall–Kier alpha value is -7.98. The maximum absolute atomic E-state index is 14.6. The molecule has 2 aliphatic carbocycles. The molecule has 0 radical (unpaired) electrons. The fourth-order valence-corrected chi connectivity index (χ4v) is 14.7. The van der Waals surface area contributed by atoms with Gasteiger partial charge in [0, 0.05) is 94.8 Å². The maximum atomic E-state index is 14.6. The second-order valence-electron chi connectivity index (χ2n) is 22.9. The number of amides is 4. The molecule has 14 nitrogen and oxygen atoms in total. The van der Waals surface area contributed by atoms with Gasteiger partial charge < -0.3 is 18.9 Å². The van der Waals surface area contributed by atoms with Gasteiger partial charge >= 0.3 is 0 Å². The fraction of sp³-hybridized carbons (Fsp3) is 0.375. The van der Waals surface area contributed by atoms with Crippen molar-refractivity contribution < 1.29 is 45.5 Å². The average molecular weight is 1210 g/mol. The molecular formula is C64H60F6N10O4S2. The monoisotopic (exact) mass is 1210 g/mol. The number of alkyl halides is 6. The summed E-state index contributed by atoms with van der Waals surface area (Å²) in [5.41, 5.74) is 6.96. The van der Waals surface area contributed by atoms with E-state index in [4.69, 9.17) is 0 Å². The van der Waals surface area contributed by atoms with Crippen LogP contribution in [0.2, 0.25) is 0 Å². The van der Waals surface area contributed by atoms with E-state index in [-0.39, 0.29) is 58.3 Å². The van der Waals surface area contributed by atoms with Gasteiger partial charge in [0.25, 0.3) is 36.5 Å². The summed E-state index contributed by atoms with van der Waals surface area (Å²) in [7, 11) is 0. The SMILES string of the molecule is O=C(Nc1nccs1)C(c1ncn2c1CCC2)N1Cc2c(cc(-c3ccc([C@@H]4CCCC[C@H]4F)cc3)cc2C(F)F)C1=O.O=C(Nc1nccs1)C(c1ncn2c1CCC2)N1Cc2c(cc(-c3ccc([C@H]4CCCC[C@@H]4F)cc3)cc2C(F)F)C1=O. The molecule has 86 heavy (non-hydrogen) atoms. The number of anilines is 2. The number of carbonyl (C=O) groups is 4. The van der Waals surface area contributed by atoms with E-state index in [2.05, 4.69) is 30.6 Å². The molecule has 0 saturated heterocycles. The average Bonchev–Trinajstić information content (AvgIpc) is 2.45. The minimum Gasteiger partial charge on any atom is -0.334 e. The van der Waals surface area contributed by atoms with Crippen LogP contribution in [0, 0.1) is 0 Å². The summed E-state index contributed by atoms with van der Waals surface area (Å²) in [6, 6.07) is 18.6. The first-order valence-electron chi connectivity index (χ1n) is 29.3. The number of rotatable bonds is 14. The van der Waals surface area contributed by atoms with Crippen LogP contribution >= 0.6 is 22.7 Å². The van der Waals surface area contributed by atoms with Crippen LogP contribution < -0.4 is 10.6 Å². The van der Waals surface area contributed by atoms with E-state index in [9.17, 15) is 45.5 Å². The number of aromatic nitrogens is 6. The molecule has 14 rings (SSSR count). The topological polar surface area (TPSA) is 160 Å². The minimum absolute atomic E-state index is 0.144. The number of hydrogen-bond acceptors (Lipinski definition) is 10. The molecule has 6 aliphatic rings. The Labute approximate surface area is 499 Å². The maximum Gasteiger partial charge on any atom is 0.264 e. The van der Waals surface area contributed by atoms with Gasteiger partial charge in [0.1, 0.15) is 12.3 Å². The third-order valence-electron chi connectivity index (χ3n) is 17.9. The van der Waals surface area contributed by atoms with E-state index < -0.39 is 60.9 Å². The fourth-order valence-electron chi connectivity index (χ4n) is 13.6. The highest BCUT2D eigenvalue weighted by atomic mass is 32.1. The minimum atomic E-state index is -2.82. The number of benzene rings is 4. The zero-order chi connectivity index (χ0) is 59.3. The quantitative estimate of drug-likeness (QED) is 0.102. The lowest BCUT2D eigenvalue weighted by Gasteiger charge is -2.26. The summed E-state index contributed by atoms with van der Waals surface area (Å²) in [6.45, 7) is 1.24. The summed E-state index contributed by atoms with van der Waals surface area (Å²) in [5, 5.41) is 9.78. The molecule has 22 heteroatoms. The molecule has 8 heterocycles. The molecular weight excluding hydrogens is 1150 g/mol. The van der Waals surface area contributed by atoms with Crippen LogP contribution in [0.1, 0.15) is 178 Å². The van der Waals surface area contributed by atoms with Crippen LogP contribution in [-0.4, -0.2) is 74.8 Å². The predicted octanol–water partition coefficient (Wildman–Crippen LogP) is 14.4. The third-order valence-corrected chi connectivity index (χ3v) is 19.3. The standard InChI is InChI=1S/2C32H30F3N5O2S/c2*33-25-5-2-1-4-21(25)19-9-7-18(8-10-19)20-14-22(29(34)35)24-16-40(31(42)23(24)15-20)28(30(41)38-32-36-11-13-43-32)27-26-6-3-12-39(26)17-37-27/h2*7-11,13-15,17,21,25,28-29H,1-6,12,16H2,(H,36,38,41)/t2*21-,25+,28?/m10/s1. The Balaban J connectivity index is 0.000000160. The first kappa shape index (κ1) is 57.1. The lowest BCUT2D eigenvalue weighted by molar-refractivity contribution is -0.121. The molecule has 2 saturated carbocycles. The van der Waals surface area contributed by atoms with Crippen molar-refractivity contribution in [1.29, 1.82) is 0 Å². The van der Waals surface area contributed by atoms with Gasteiger partial charge in [0.2, 0.25) is 0 Å². The van der Waals surface area contributed by atoms with Gasteiger partial charge in [-0.2, -0.15) is 0 Å². The van der Waals surface area contributed by atoms with Crippen LogP contribution in [0.4, 0.5) is 36.6 Å². The van der Waals surface area contributed by atoms with E-state index >= 15 is 0 Å². The second-order valence-corrected chi connectivity index (χ2v) is 24.7. The third kappa shape index (κ3) is 10.9. The predicted molar refractivity (Wildman–Crippen MR) is 314 cm³/mol. The van der Waals surface area contributed by atoms with Crippen molar-refractivity contribution in [3.63, 3.8) is 0 Å². The van der Waals surface area contributed by atoms with Gasteiger partial charge in [-0.05, 0) is 120 Å². The smallest absolute Gasteiger partial charge is 0.264 e. The molecule has 0 bridgehead atoms. The van der Waals surface area contributed by atoms with E-state index in [1.54, 1.807) is 47.9 Å². The highest BCUT2D eigenvalue weighted by Gasteiger charge is 2.45. The van der Waals surface area contributed by atoms with Gasteiger partial charge in [-0.1, -0.05) is 74.2 Å². The number of imidazole rings is 2. The molecule has 4 aliphatic heterocycles. The molecule has 444 valence electrons. The van der Waals surface area contributed by atoms with Gasteiger partial charge in [-0.3, -0.25) is 29.8 Å². The lowest BCUT2D eigenvalue weighted by atomic mass is 9.82. The number of carbonyl (C=O) groups excluding carboxylic acids is 4. The Morgan fingerprint density at radius 1 is 0.523 bits per heavy atom. The largest absolute Gasteiger partial charge is 0.334 e. The van der Waals surface area contributed by atoms with E-state index in [1.165, 1.54) is 44.6 Å². The van der Waals surface area contributed by atoms with Crippen molar-refractivity contribution in [2.45, 2.75) is 152 Å². The van der Waals surface area contributed by atoms with E-state index in [0.717, 1.165) is 87.0 Å². The molecule has 2 unspecified atom stereocenters. The van der Waals surface area contributed by atoms with Crippen LogP contribution in [0.5, 0.6) is 0 Å². The second kappa shape index (κ2) is 24.1. The van der Waals surface area contributed by atoms with Gasteiger partial charge in [-0.15, -0.1) is 22.7 Å². The summed E-state index contributed by atoms with van der Waals surface area (Å²) in [6.07, 6.45) is 8.68. The van der Waals surface area contributed by atoms with Crippen molar-refractivity contribution in [2.75, 3.05) is 10.6 Å². The highest BCUT2D eigenvalue weighted by molar-refractivity contribution is 7.14. The molecule has 6 atom stereocenters. The Morgan fingerprint density at radius 2 is 0.930 bits per heavy atom. The summed E-state index contributed by atoms with van der Waals surface area (Å²) >= 11 is 2.49. The van der Waals surface area contributed by atoms with Crippen molar-refractivity contribution in [3.8, 4) is 22.3 Å². The Kier molecular flexibility index (Phi) is 16.0. The number of nitrogens with zero attached hydrogens (tertiary/aromatic N) is 8. The Morgan fingerprint density at radius 3 is 1.30 bits per heavy atom. The van der Waals surface area contributed by atoms with Gasteiger partial charge in [0.15, 0.2) is 22.3 Å². The number of aryl methyl sites for hydroxylation is 2. The first-order valence-corrected chi connectivity index (χ1v) is 31.0. The molecule has 4 aromatic carbocycles. The number of thiazole rings is 2. The number of nitrogens with one attached hydrogen (secondary N) is 2. The van der Waals surface area contributed by atoms with Crippen molar-refractivity contribution in [1.82, 2.24) is 38.9 Å². The Bertz CT molecular complexity index is 3590. The number of fused-ring (bicyclic) bond motifs is 4. The number of hydrogen-bond donors (Lipinski definition) is 2. The molecule has 4 aromatic heterocycles. The van der Waals surface area contributed by atoms with Crippen LogP contribution in [-0.2, 0) is 48.6 Å².